The van der Waals surface area contributed by atoms with Crippen LogP contribution in [0.25, 0.3) is 0 Å². The second kappa shape index (κ2) is 5.94. The lowest BCUT2D eigenvalue weighted by molar-refractivity contribution is 0.0684. The van der Waals surface area contributed by atoms with E-state index in [1.165, 1.54) is 11.8 Å². The van der Waals surface area contributed by atoms with Gasteiger partial charge in [0.25, 0.3) is 0 Å². The van der Waals surface area contributed by atoms with Gasteiger partial charge in [0.15, 0.2) is 5.69 Å². The summed E-state index contributed by atoms with van der Waals surface area (Å²) in [6, 6.07) is 7.70. The molecule has 1 aromatic carbocycles. The quantitative estimate of drug-likeness (QED) is 0.908. The monoisotopic (exact) mass is 325 g/mol. The summed E-state index contributed by atoms with van der Waals surface area (Å²) in [5.41, 5.74) is 1.38. The molecule has 0 spiro atoms. The molecule has 0 bridgehead atoms. The van der Waals surface area contributed by atoms with Crippen molar-refractivity contribution in [3.8, 4) is 0 Å². The van der Waals surface area contributed by atoms with Crippen LogP contribution in [0.3, 0.4) is 0 Å². The molecule has 100 valence electrons. The maximum Gasteiger partial charge on any atom is 0.358 e. The number of carboxylic acid groups (broad SMARTS) is 1. The van der Waals surface area contributed by atoms with Crippen LogP contribution in [-0.4, -0.2) is 33.2 Å². The van der Waals surface area contributed by atoms with Crippen LogP contribution in [0.15, 0.2) is 28.7 Å². The van der Waals surface area contributed by atoms with Crippen molar-refractivity contribution in [2.24, 2.45) is 0 Å². The van der Waals surface area contributed by atoms with Crippen LogP contribution in [0.4, 0.5) is 0 Å². The first-order valence-electron chi connectivity index (χ1n) is 5.51. The van der Waals surface area contributed by atoms with Gasteiger partial charge in [0.05, 0.1) is 18.8 Å². The zero-order chi connectivity index (χ0) is 13.8. The molecule has 0 aliphatic rings. The minimum atomic E-state index is -1.10. The molecule has 1 heterocycles. The van der Waals surface area contributed by atoms with Gasteiger partial charge in [-0.05, 0) is 17.7 Å². The Kier molecular flexibility index (Phi) is 4.28. The van der Waals surface area contributed by atoms with E-state index in [-0.39, 0.29) is 12.3 Å². The minimum Gasteiger partial charge on any atom is -0.476 e. The molecule has 7 heteroatoms. The lowest BCUT2D eigenvalue weighted by Gasteiger charge is -2.06. The third-order valence-corrected chi connectivity index (χ3v) is 3.04. The van der Waals surface area contributed by atoms with Gasteiger partial charge < -0.3 is 9.84 Å². The molecule has 1 aromatic heterocycles. The van der Waals surface area contributed by atoms with Gasteiger partial charge in [-0.1, -0.05) is 33.3 Å². The molecular formula is C12H12BrN3O3. The topological polar surface area (TPSA) is 77.2 Å². The third kappa shape index (κ3) is 3.18. The molecule has 0 atom stereocenters. The molecule has 2 aromatic rings. The number of aromatic nitrogens is 3. The van der Waals surface area contributed by atoms with E-state index in [4.69, 9.17) is 9.84 Å². The average molecular weight is 326 g/mol. The second-order valence-corrected chi connectivity index (χ2v) is 4.83. The highest BCUT2D eigenvalue weighted by Crippen LogP contribution is 2.14. The number of carbonyl (C=O) groups is 1. The van der Waals surface area contributed by atoms with Gasteiger partial charge in [-0.15, -0.1) is 5.10 Å². The van der Waals surface area contributed by atoms with Gasteiger partial charge in [0.2, 0.25) is 0 Å². The fourth-order valence-electron chi connectivity index (χ4n) is 1.71. The Morgan fingerprint density at radius 1 is 1.53 bits per heavy atom. The molecule has 6 nitrogen and oxygen atoms in total. The summed E-state index contributed by atoms with van der Waals surface area (Å²) in [4.78, 5) is 11.0. The Labute approximate surface area is 118 Å². The van der Waals surface area contributed by atoms with E-state index in [1.807, 2.05) is 24.3 Å². The Morgan fingerprint density at radius 3 is 2.95 bits per heavy atom. The minimum absolute atomic E-state index is 0.0724. The number of hydrogen-bond acceptors (Lipinski definition) is 4. The summed E-state index contributed by atoms with van der Waals surface area (Å²) < 4.78 is 7.50. The number of aromatic carboxylic acids is 1. The van der Waals surface area contributed by atoms with Gasteiger partial charge >= 0.3 is 5.97 Å². The van der Waals surface area contributed by atoms with Crippen molar-refractivity contribution in [3.05, 3.63) is 45.7 Å². The van der Waals surface area contributed by atoms with Crippen molar-refractivity contribution in [1.29, 1.82) is 0 Å². The van der Waals surface area contributed by atoms with E-state index in [9.17, 15) is 4.79 Å². The number of rotatable bonds is 5. The van der Waals surface area contributed by atoms with E-state index in [1.54, 1.807) is 0 Å². The maximum absolute atomic E-state index is 11.0. The summed E-state index contributed by atoms with van der Waals surface area (Å²) in [7, 11) is 1.50. The predicted molar refractivity (Wildman–Crippen MR) is 70.9 cm³/mol. The first-order valence-corrected chi connectivity index (χ1v) is 6.30. The fourth-order valence-corrected chi connectivity index (χ4v) is 2.16. The van der Waals surface area contributed by atoms with Crippen LogP contribution in [0.5, 0.6) is 0 Å². The van der Waals surface area contributed by atoms with E-state index in [0.29, 0.717) is 12.2 Å². The zero-order valence-electron chi connectivity index (χ0n) is 10.2. The molecule has 19 heavy (non-hydrogen) atoms. The number of hydrogen-bond donors (Lipinski definition) is 1. The SMILES string of the molecule is COCc1c(C(=O)O)nnn1Cc1cccc(Br)c1. The summed E-state index contributed by atoms with van der Waals surface area (Å²) in [6.45, 7) is 0.598. The van der Waals surface area contributed by atoms with Gasteiger partial charge in [0.1, 0.15) is 0 Å². The second-order valence-electron chi connectivity index (χ2n) is 3.91. The van der Waals surface area contributed by atoms with E-state index in [0.717, 1.165) is 10.0 Å². The standard InChI is InChI=1S/C12H12BrN3O3/c1-19-7-10-11(12(17)18)14-15-16(10)6-8-3-2-4-9(13)5-8/h2-5H,6-7H2,1H3,(H,17,18). The van der Waals surface area contributed by atoms with Crippen molar-refractivity contribution in [3.63, 3.8) is 0 Å². The highest BCUT2D eigenvalue weighted by atomic mass is 79.9. The van der Waals surface area contributed by atoms with Crippen molar-refractivity contribution < 1.29 is 14.6 Å². The number of nitrogens with zero attached hydrogens (tertiary/aromatic N) is 3. The van der Waals surface area contributed by atoms with Crippen LogP contribution in [0.1, 0.15) is 21.7 Å². The molecular weight excluding hydrogens is 314 g/mol. The highest BCUT2D eigenvalue weighted by Gasteiger charge is 2.18. The van der Waals surface area contributed by atoms with E-state index >= 15 is 0 Å². The average Bonchev–Trinajstić information content (AvgIpc) is 2.73. The number of benzene rings is 1. The lowest BCUT2D eigenvalue weighted by Crippen LogP contribution is -2.10. The Bertz CT molecular complexity index is 598. The molecule has 0 fully saturated rings. The van der Waals surface area contributed by atoms with Crippen LogP contribution < -0.4 is 0 Å². The molecule has 1 N–H and O–H groups in total. The van der Waals surface area contributed by atoms with Crippen LogP contribution in [0, 0.1) is 0 Å². The van der Waals surface area contributed by atoms with E-state index in [2.05, 4.69) is 26.2 Å². The zero-order valence-corrected chi connectivity index (χ0v) is 11.8. The summed E-state index contributed by atoms with van der Waals surface area (Å²) in [6.07, 6.45) is 0. The van der Waals surface area contributed by atoms with Gasteiger partial charge in [0, 0.05) is 11.6 Å². The van der Waals surface area contributed by atoms with E-state index < -0.39 is 5.97 Å². The van der Waals surface area contributed by atoms with Crippen LogP contribution in [-0.2, 0) is 17.9 Å². The lowest BCUT2D eigenvalue weighted by atomic mass is 10.2. The summed E-state index contributed by atoms with van der Waals surface area (Å²) in [5, 5.41) is 16.6. The molecule has 0 amide bonds. The predicted octanol–water partition coefficient (Wildman–Crippen LogP) is 1.93. The Balaban J connectivity index is 2.32. The maximum atomic E-state index is 11.0. The van der Waals surface area contributed by atoms with Gasteiger partial charge in [-0.25, -0.2) is 9.48 Å². The molecule has 0 saturated heterocycles. The first kappa shape index (κ1) is 13.7. The number of halogens is 1. The summed E-state index contributed by atoms with van der Waals surface area (Å²) in [5.74, 6) is -1.10. The molecule has 0 aliphatic carbocycles. The molecule has 0 aliphatic heterocycles. The molecule has 0 radical (unpaired) electrons. The van der Waals surface area contributed by atoms with Crippen molar-refractivity contribution in [2.45, 2.75) is 13.2 Å². The van der Waals surface area contributed by atoms with Gasteiger partial charge in [-0.2, -0.15) is 0 Å². The van der Waals surface area contributed by atoms with Crippen LogP contribution >= 0.6 is 15.9 Å². The van der Waals surface area contributed by atoms with Crippen LogP contribution in [0.2, 0.25) is 0 Å². The molecule has 2 rings (SSSR count). The van der Waals surface area contributed by atoms with Crippen molar-refractivity contribution >= 4 is 21.9 Å². The first-order chi connectivity index (χ1) is 9.11. The normalized spacial score (nSPS) is 10.6. The van der Waals surface area contributed by atoms with Gasteiger partial charge in [-0.3, -0.25) is 0 Å². The van der Waals surface area contributed by atoms with Crippen molar-refractivity contribution in [2.75, 3.05) is 7.11 Å². The van der Waals surface area contributed by atoms with Crippen molar-refractivity contribution in [1.82, 2.24) is 15.0 Å². The highest BCUT2D eigenvalue weighted by molar-refractivity contribution is 9.10. The molecule has 0 unspecified atom stereocenters. The smallest absolute Gasteiger partial charge is 0.358 e. The number of methoxy groups -OCH3 is 1. The fraction of sp³-hybridized carbons (Fsp3) is 0.250. The number of ether oxygens (including phenoxy) is 1. The summed E-state index contributed by atoms with van der Waals surface area (Å²) >= 11 is 3.39. The Morgan fingerprint density at radius 2 is 2.32 bits per heavy atom. The molecule has 0 saturated carbocycles. The largest absolute Gasteiger partial charge is 0.476 e. The Hall–Kier alpha value is -1.73. The third-order valence-electron chi connectivity index (χ3n) is 2.54. The number of carboxylic acids is 1.